The third-order valence-corrected chi connectivity index (χ3v) is 5.51. The van der Waals surface area contributed by atoms with Crippen LogP contribution in [0.5, 0.6) is 0 Å². The summed E-state index contributed by atoms with van der Waals surface area (Å²) in [6.07, 6.45) is 7.80. The van der Waals surface area contributed by atoms with Crippen molar-refractivity contribution in [2.45, 2.75) is 0 Å². The number of carboxylic acid groups (broad SMARTS) is 1. The fourth-order valence-corrected chi connectivity index (χ4v) is 3.97. The van der Waals surface area contributed by atoms with Gasteiger partial charge in [-0.25, -0.2) is 14.8 Å². The van der Waals surface area contributed by atoms with Gasteiger partial charge in [0, 0.05) is 0 Å². The SMILES string of the molecule is O=C(O)c1ccc(-c2c3nc(cc4ccc(cc5nc(cc6ccc2[n-]6)C=C5)[n-]4)C=C3)cc1.[Zn+2]. The Labute approximate surface area is 207 Å². The van der Waals surface area contributed by atoms with Gasteiger partial charge in [-0.3, -0.25) is 0 Å². The summed E-state index contributed by atoms with van der Waals surface area (Å²) in [5.41, 5.74) is 8.30. The molecule has 0 fully saturated rings. The molecule has 34 heavy (non-hydrogen) atoms. The molecule has 6 nitrogen and oxygen atoms in total. The van der Waals surface area contributed by atoms with Crippen LogP contribution in [0.4, 0.5) is 0 Å². The molecule has 8 bridgehead atoms. The maximum absolute atomic E-state index is 11.3. The predicted molar refractivity (Wildman–Crippen MR) is 129 cm³/mol. The summed E-state index contributed by atoms with van der Waals surface area (Å²) >= 11 is 0. The smallest absolute Gasteiger partial charge is 0.658 e. The molecule has 6 rings (SSSR count). The molecule has 5 heterocycles. The molecule has 0 radical (unpaired) electrons. The van der Waals surface area contributed by atoms with Gasteiger partial charge in [0.25, 0.3) is 0 Å². The molecule has 0 saturated carbocycles. The molecule has 158 valence electrons. The molecular formula is C27H16N4O2Zn. The second kappa shape index (κ2) is 8.69. The van der Waals surface area contributed by atoms with E-state index in [2.05, 4.69) is 9.97 Å². The molecule has 2 aliphatic rings. The molecule has 0 spiro atoms. The molecule has 0 saturated heterocycles. The monoisotopic (exact) mass is 492 g/mol. The third-order valence-electron chi connectivity index (χ3n) is 5.51. The zero-order valence-corrected chi connectivity index (χ0v) is 21.0. The van der Waals surface area contributed by atoms with Gasteiger partial charge in [-0.1, -0.05) is 54.6 Å². The summed E-state index contributed by atoms with van der Waals surface area (Å²) in [6, 6.07) is 20.4. The maximum Gasteiger partial charge on any atom is 2.00 e. The van der Waals surface area contributed by atoms with Crippen LogP contribution in [0.15, 0.2) is 66.7 Å². The van der Waals surface area contributed by atoms with Gasteiger partial charge < -0.3 is 15.1 Å². The molecule has 1 N–H and O–H groups in total. The van der Waals surface area contributed by atoms with Crippen LogP contribution in [0.3, 0.4) is 0 Å². The van der Waals surface area contributed by atoms with Crippen LogP contribution in [-0.4, -0.2) is 21.0 Å². The van der Waals surface area contributed by atoms with E-state index >= 15 is 0 Å². The molecule has 0 atom stereocenters. The molecule has 0 amide bonds. The number of hydrogen-bond acceptors (Lipinski definition) is 3. The van der Waals surface area contributed by atoms with E-state index in [0.29, 0.717) is 0 Å². The van der Waals surface area contributed by atoms with Crippen molar-refractivity contribution >= 4 is 52.3 Å². The van der Waals surface area contributed by atoms with Crippen LogP contribution in [0, 0.1) is 0 Å². The van der Waals surface area contributed by atoms with Crippen LogP contribution >= 0.6 is 0 Å². The van der Waals surface area contributed by atoms with E-state index in [1.165, 1.54) is 0 Å². The molecule has 7 heteroatoms. The summed E-state index contributed by atoms with van der Waals surface area (Å²) in [6.45, 7) is 0. The number of benzene rings is 1. The van der Waals surface area contributed by atoms with Crippen molar-refractivity contribution in [3.05, 3.63) is 95.1 Å². The zero-order valence-electron chi connectivity index (χ0n) is 18.0. The van der Waals surface area contributed by atoms with E-state index in [0.717, 1.165) is 56.0 Å². The quantitative estimate of drug-likeness (QED) is 0.330. The maximum atomic E-state index is 11.3. The Morgan fingerprint density at radius 3 is 1.88 bits per heavy atom. The van der Waals surface area contributed by atoms with Gasteiger partial charge in [-0.05, 0) is 47.6 Å². The summed E-state index contributed by atoms with van der Waals surface area (Å²) in [7, 11) is 0. The van der Waals surface area contributed by atoms with E-state index in [-0.39, 0.29) is 25.0 Å². The second-order valence-electron chi connectivity index (χ2n) is 7.79. The summed E-state index contributed by atoms with van der Waals surface area (Å²) < 4.78 is 0. The van der Waals surface area contributed by atoms with Gasteiger partial charge in [0.05, 0.1) is 28.3 Å². The molecular weight excluding hydrogens is 478 g/mol. The number of fused-ring (bicyclic) bond motifs is 8. The Hall–Kier alpha value is -4.09. The molecule has 1 aromatic carbocycles. The van der Waals surface area contributed by atoms with Crippen LogP contribution in [0.2, 0.25) is 0 Å². The van der Waals surface area contributed by atoms with E-state index in [1.807, 2.05) is 66.8 Å². The molecule has 4 aromatic rings. The molecule has 3 aromatic heterocycles. The number of nitrogens with zero attached hydrogens (tertiary/aromatic N) is 4. The predicted octanol–water partition coefficient (Wildman–Crippen LogP) is 5.28. The van der Waals surface area contributed by atoms with Crippen molar-refractivity contribution in [3.8, 4) is 11.1 Å². The van der Waals surface area contributed by atoms with E-state index < -0.39 is 5.97 Å². The zero-order chi connectivity index (χ0) is 22.4. The standard InChI is InChI=1S/C27H17N4O2.Zn/c32-27(33)17-3-1-16(2-4-17)26-24-11-9-22(30-24)14-20-7-5-18(28-20)13-19-6-8-21(29-19)15-23-10-12-25(26)31-23;/h1-15H,(H2-,28,29,30,31,32,33);/q-1;+2/p-1. The van der Waals surface area contributed by atoms with E-state index in [9.17, 15) is 9.90 Å². The van der Waals surface area contributed by atoms with Crippen molar-refractivity contribution < 1.29 is 29.4 Å². The van der Waals surface area contributed by atoms with Gasteiger partial charge in [0.1, 0.15) is 0 Å². The number of carbonyl (C=O) groups is 1. The Kier molecular flexibility index (Phi) is 5.56. The minimum atomic E-state index is -0.962. The van der Waals surface area contributed by atoms with Gasteiger partial charge in [0.2, 0.25) is 0 Å². The summed E-state index contributed by atoms with van der Waals surface area (Å²) in [5.74, 6) is -0.962. The Bertz CT molecular complexity index is 1640. The molecule has 2 aliphatic heterocycles. The molecule has 0 unspecified atom stereocenters. The van der Waals surface area contributed by atoms with E-state index in [4.69, 9.17) is 9.97 Å². The van der Waals surface area contributed by atoms with Crippen LogP contribution in [0.25, 0.3) is 57.5 Å². The average Bonchev–Trinajstić information content (AvgIpc) is 3.60. The van der Waals surface area contributed by atoms with Crippen molar-refractivity contribution in [1.82, 2.24) is 19.9 Å². The Morgan fingerprint density at radius 1 is 0.676 bits per heavy atom. The van der Waals surface area contributed by atoms with Crippen LogP contribution in [-0.2, 0) is 19.5 Å². The fourth-order valence-electron chi connectivity index (χ4n) is 3.97. The second-order valence-corrected chi connectivity index (χ2v) is 7.79. The first-order valence-corrected chi connectivity index (χ1v) is 10.4. The number of hydrogen-bond donors (Lipinski definition) is 1. The topological polar surface area (TPSA) is 91.3 Å². The fraction of sp³-hybridized carbons (Fsp3) is 0. The van der Waals surface area contributed by atoms with Crippen LogP contribution in [0.1, 0.15) is 33.1 Å². The first-order chi connectivity index (χ1) is 16.1. The third kappa shape index (κ3) is 4.14. The minimum Gasteiger partial charge on any atom is -0.658 e. The van der Waals surface area contributed by atoms with Crippen molar-refractivity contribution in [1.29, 1.82) is 0 Å². The average molecular weight is 494 g/mol. The van der Waals surface area contributed by atoms with Crippen LogP contribution < -0.4 is 9.97 Å². The first kappa shape index (κ1) is 21.7. The summed E-state index contributed by atoms with van der Waals surface area (Å²) in [5, 5.41) is 9.27. The number of aromatic nitrogens is 4. The van der Waals surface area contributed by atoms with Gasteiger partial charge in [-0.2, -0.15) is 0 Å². The van der Waals surface area contributed by atoms with E-state index in [1.54, 1.807) is 24.3 Å². The van der Waals surface area contributed by atoms with Crippen molar-refractivity contribution in [2.75, 3.05) is 0 Å². The number of carboxylic acids is 1. The summed E-state index contributed by atoms with van der Waals surface area (Å²) in [4.78, 5) is 30.2. The van der Waals surface area contributed by atoms with Crippen molar-refractivity contribution in [3.63, 3.8) is 0 Å². The Balaban J connectivity index is 0.00000241. The molecule has 0 aliphatic carbocycles. The number of rotatable bonds is 2. The number of aromatic carboxylic acids is 1. The van der Waals surface area contributed by atoms with Gasteiger partial charge in [0.15, 0.2) is 0 Å². The largest absolute Gasteiger partial charge is 2.00 e. The first-order valence-electron chi connectivity index (χ1n) is 10.4. The van der Waals surface area contributed by atoms with Gasteiger partial charge in [-0.15, -0.1) is 22.1 Å². The minimum absolute atomic E-state index is 0. The normalized spacial score (nSPS) is 11.9. The van der Waals surface area contributed by atoms with Crippen molar-refractivity contribution in [2.24, 2.45) is 0 Å². The van der Waals surface area contributed by atoms with Gasteiger partial charge >= 0.3 is 25.4 Å². The Morgan fingerprint density at radius 2 is 1.24 bits per heavy atom.